The Morgan fingerprint density at radius 1 is 1.29 bits per heavy atom. The molecule has 0 saturated carbocycles. The number of hydrogen-bond donors (Lipinski definition) is 1. The lowest BCUT2D eigenvalue weighted by Crippen LogP contribution is -2.35. The third-order valence-electron chi connectivity index (χ3n) is 4.23. The number of urea groups is 1. The standard InChI is InChI=1S/C17H24N2O2/c1-3-14-6-5-10-19(11-9-14)17(21)18-16-8-4-7-15(12-16)13(2)20/h4,7-8,12,14H,3,5-6,9-11H2,1-2H3,(H,18,21). The highest BCUT2D eigenvalue weighted by molar-refractivity contribution is 5.96. The quantitative estimate of drug-likeness (QED) is 0.857. The zero-order valence-electron chi connectivity index (χ0n) is 12.9. The molecule has 0 aliphatic carbocycles. The van der Waals surface area contributed by atoms with Gasteiger partial charge in [0.2, 0.25) is 0 Å². The van der Waals surface area contributed by atoms with E-state index in [0.717, 1.165) is 31.8 Å². The first-order valence-corrected chi connectivity index (χ1v) is 7.77. The van der Waals surface area contributed by atoms with Crippen molar-refractivity contribution in [3.8, 4) is 0 Å². The number of benzene rings is 1. The van der Waals surface area contributed by atoms with Crippen molar-refractivity contribution in [3.05, 3.63) is 29.8 Å². The molecule has 1 unspecified atom stereocenters. The number of rotatable bonds is 3. The first-order chi connectivity index (χ1) is 10.1. The van der Waals surface area contributed by atoms with Crippen molar-refractivity contribution in [2.75, 3.05) is 18.4 Å². The molecule has 1 aromatic carbocycles. The lowest BCUT2D eigenvalue weighted by Gasteiger charge is -2.21. The maximum atomic E-state index is 12.3. The van der Waals surface area contributed by atoms with E-state index >= 15 is 0 Å². The number of nitrogens with zero attached hydrogens (tertiary/aromatic N) is 1. The van der Waals surface area contributed by atoms with E-state index in [-0.39, 0.29) is 11.8 Å². The van der Waals surface area contributed by atoms with Crippen molar-refractivity contribution < 1.29 is 9.59 Å². The molecular formula is C17H24N2O2. The van der Waals surface area contributed by atoms with E-state index < -0.39 is 0 Å². The number of nitrogens with one attached hydrogen (secondary N) is 1. The Kier molecular flexibility index (Phi) is 5.37. The second-order valence-electron chi connectivity index (χ2n) is 5.76. The molecular weight excluding hydrogens is 264 g/mol. The SMILES string of the molecule is CCC1CCCN(C(=O)Nc2cccc(C(C)=O)c2)CC1. The van der Waals surface area contributed by atoms with Crippen LogP contribution in [0.15, 0.2) is 24.3 Å². The third-order valence-corrected chi connectivity index (χ3v) is 4.23. The minimum Gasteiger partial charge on any atom is -0.325 e. The fourth-order valence-corrected chi connectivity index (χ4v) is 2.80. The van der Waals surface area contributed by atoms with Gasteiger partial charge in [-0.3, -0.25) is 4.79 Å². The average Bonchev–Trinajstić information content (AvgIpc) is 2.73. The molecule has 1 heterocycles. The van der Waals surface area contributed by atoms with Gasteiger partial charge in [0, 0.05) is 24.3 Å². The predicted molar refractivity (Wildman–Crippen MR) is 84.7 cm³/mol. The van der Waals surface area contributed by atoms with Crippen molar-refractivity contribution in [2.24, 2.45) is 5.92 Å². The van der Waals surface area contributed by atoms with Gasteiger partial charge in [-0.05, 0) is 44.2 Å². The molecule has 1 N–H and O–H groups in total. The largest absolute Gasteiger partial charge is 0.325 e. The fraction of sp³-hybridized carbons (Fsp3) is 0.529. The highest BCUT2D eigenvalue weighted by atomic mass is 16.2. The zero-order chi connectivity index (χ0) is 15.2. The molecule has 0 radical (unpaired) electrons. The molecule has 1 aromatic rings. The number of likely N-dealkylation sites (tertiary alicyclic amines) is 1. The van der Waals surface area contributed by atoms with Crippen LogP contribution in [0.4, 0.5) is 10.5 Å². The summed E-state index contributed by atoms with van der Waals surface area (Å²) >= 11 is 0. The monoisotopic (exact) mass is 288 g/mol. The Morgan fingerprint density at radius 2 is 2.10 bits per heavy atom. The van der Waals surface area contributed by atoms with Gasteiger partial charge < -0.3 is 10.2 Å². The van der Waals surface area contributed by atoms with Gasteiger partial charge in [0.15, 0.2) is 5.78 Å². The van der Waals surface area contributed by atoms with Gasteiger partial charge in [-0.1, -0.05) is 25.5 Å². The van der Waals surface area contributed by atoms with Crippen molar-refractivity contribution in [1.29, 1.82) is 0 Å². The van der Waals surface area contributed by atoms with Crippen molar-refractivity contribution in [2.45, 2.75) is 39.5 Å². The number of Topliss-reactive ketones (excluding diaryl/α,β-unsaturated/α-hetero) is 1. The van der Waals surface area contributed by atoms with Gasteiger partial charge in [0.25, 0.3) is 0 Å². The maximum absolute atomic E-state index is 12.3. The third kappa shape index (κ3) is 4.31. The zero-order valence-corrected chi connectivity index (χ0v) is 12.9. The summed E-state index contributed by atoms with van der Waals surface area (Å²) in [6.45, 7) is 5.37. The lowest BCUT2D eigenvalue weighted by atomic mass is 9.98. The van der Waals surface area contributed by atoms with E-state index in [1.54, 1.807) is 18.2 Å². The van der Waals surface area contributed by atoms with Gasteiger partial charge in [0.1, 0.15) is 0 Å². The number of carbonyl (C=O) groups excluding carboxylic acids is 2. The van der Waals surface area contributed by atoms with E-state index in [2.05, 4.69) is 12.2 Å². The van der Waals surface area contributed by atoms with Crippen LogP contribution in [0.1, 0.15) is 49.9 Å². The van der Waals surface area contributed by atoms with Crippen molar-refractivity contribution in [1.82, 2.24) is 4.90 Å². The highest BCUT2D eigenvalue weighted by Crippen LogP contribution is 2.21. The maximum Gasteiger partial charge on any atom is 0.321 e. The van der Waals surface area contributed by atoms with Crippen LogP contribution < -0.4 is 5.32 Å². The van der Waals surface area contributed by atoms with Crippen LogP contribution in [0.3, 0.4) is 0 Å². The topological polar surface area (TPSA) is 49.4 Å². The van der Waals surface area contributed by atoms with E-state index in [0.29, 0.717) is 11.3 Å². The second kappa shape index (κ2) is 7.25. The van der Waals surface area contributed by atoms with Crippen LogP contribution in [0, 0.1) is 5.92 Å². The van der Waals surface area contributed by atoms with Gasteiger partial charge in [-0.15, -0.1) is 0 Å². The average molecular weight is 288 g/mol. The first kappa shape index (κ1) is 15.5. The van der Waals surface area contributed by atoms with E-state index in [1.165, 1.54) is 19.8 Å². The van der Waals surface area contributed by atoms with Gasteiger partial charge in [-0.2, -0.15) is 0 Å². The normalized spacial score (nSPS) is 19.0. The van der Waals surface area contributed by atoms with Crippen LogP contribution in [0.5, 0.6) is 0 Å². The lowest BCUT2D eigenvalue weighted by molar-refractivity contribution is 0.101. The summed E-state index contributed by atoms with van der Waals surface area (Å²) < 4.78 is 0. The predicted octanol–water partition coefficient (Wildman–Crippen LogP) is 3.93. The summed E-state index contributed by atoms with van der Waals surface area (Å²) in [6, 6.07) is 7.04. The number of carbonyl (C=O) groups is 2. The van der Waals surface area contributed by atoms with Crippen molar-refractivity contribution in [3.63, 3.8) is 0 Å². The number of anilines is 1. The molecule has 0 spiro atoms. The molecule has 1 aliphatic heterocycles. The summed E-state index contributed by atoms with van der Waals surface area (Å²) in [4.78, 5) is 25.6. The number of hydrogen-bond acceptors (Lipinski definition) is 2. The van der Waals surface area contributed by atoms with Crippen LogP contribution in [-0.2, 0) is 0 Å². The van der Waals surface area contributed by atoms with E-state index in [1.807, 2.05) is 11.0 Å². The Balaban J connectivity index is 1.97. The molecule has 4 heteroatoms. The molecule has 1 aliphatic rings. The second-order valence-corrected chi connectivity index (χ2v) is 5.76. The Bertz CT molecular complexity index is 513. The van der Waals surface area contributed by atoms with E-state index in [9.17, 15) is 9.59 Å². The highest BCUT2D eigenvalue weighted by Gasteiger charge is 2.19. The molecule has 1 atom stereocenters. The van der Waals surface area contributed by atoms with Crippen molar-refractivity contribution >= 4 is 17.5 Å². The molecule has 2 amide bonds. The summed E-state index contributed by atoms with van der Waals surface area (Å²) in [7, 11) is 0. The fourth-order valence-electron chi connectivity index (χ4n) is 2.80. The van der Waals surface area contributed by atoms with Gasteiger partial charge >= 0.3 is 6.03 Å². The molecule has 2 rings (SSSR count). The van der Waals surface area contributed by atoms with Crippen LogP contribution in [0.25, 0.3) is 0 Å². The Labute approximate surface area is 126 Å². The molecule has 4 nitrogen and oxygen atoms in total. The summed E-state index contributed by atoms with van der Waals surface area (Å²) in [5.74, 6) is 0.746. The molecule has 0 bridgehead atoms. The van der Waals surface area contributed by atoms with Gasteiger partial charge in [-0.25, -0.2) is 4.79 Å². The first-order valence-electron chi connectivity index (χ1n) is 7.77. The minimum absolute atomic E-state index is 0.00617. The molecule has 1 fully saturated rings. The summed E-state index contributed by atoms with van der Waals surface area (Å²) in [5, 5.41) is 2.90. The molecule has 21 heavy (non-hydrogen) atoms. The molecule has 1 saturated heterocycles. The summed E-state index contributed by atoms with van der Waals surface area (Å²) in [5.41, 5.74) is 1.30. The Hall–Kier alpha value is -1.84. The molecule has 114 valence electrons. The smallest absolute Gasteiger partial charge is 0.321 e. The minimum atomic E-state index is -0.0625. The number of amides is 2. The van der Waals surface area contributed by atoms with Gasteiger partial charge in [0.05, 0.1) is 0 Å². The van der Waals surface area contributed by atoms with Crippen LogP contribution >= 0.6 is 0 Å². The summed E-state index contributed by atoms with van der Waals surface area (Å²) in [6.07, 6.45) is 4.55. The molecule has 0 aromatic heterocycles. The number of ketones is 1. The van der Waals surface area contributed by atoms with Crippen LogP contribution in [0.2, 0.25) is 0 Å². The van der Waals surface area contributed by atoms with Crippen LogP contribution in [-0.4, -0.2) is 29.8 Å². The van der Waals surface area contributed by atoms with E-state index in [4.69, 9.17) is 0 Å². The Morgan fingerprint density at radius 3 is 2.81 bits per heavy atom.